The van der Waals surface area contributed by atoms with Gasteiger partial charge in [-0.1, -0.05) is 61.6 Å². The van der Waals surface area contributed by atoms with Gasteiger partial charge in [0.25, 0.3) is 0 Å². The van der Waals surface area contributed by atoms with Gasteiger partial charge in [-0.15, -0.1) is 0 Å². The fourth-order valence-electron chi connectivity index (χ4n) is 6.59. The van der Waals surface area contributed by atoms with E-state index in [0.717, 1.165) is 5.56 Å². The number of aliphatic hydroxyl groups excluding tert-OH is 1. The molecule has 0 radical (unpaired) electrons. The molecule has 1 N–H and O–H groups in total. The molecule has 4 heterocycles. The lowest BCUT2D eigenvalue weighted by Crippen LogP contribution is -2.57. The number of ether oxygens (including phenoxy) is 1. The summed E-state index contributed by atoms with van der Waals surface area (Å²) in [6, 6.07) is 8.78. The predicted octanol–water partition coefficient (Wildman–Crippen LogP) is 1.75. The lowest BCUT2D eigenvalue weighted by atomic mass is 9.73. The summed E-state index contributed by atoms with van der Waals surface area (Å²) in [4.78, 5) is 47.1. The zero-order chi connectivity index (χ0) is 25.7. The van der Waals surface area contributed by atoms with E-state index in [1.54, 1.807) is 9.80 Å². The summed E-state index contributed by atoms with van der Waals surface area (Å²) in [6.07, 6.45) is 8.14. The van der Waals surface area contributed by atoms with Crippen LogP contribution in [0, 0.1) is 11.8 Å². The van der Waals surface area contributed by atoms with E-state index in [-0.39, 0.29) is 36.9 Å². The first-order chi connectivity index (χ1) is 17.3. The van der Waals surface area contributed by atoms with Crippen LogP contribution in [0.5, 0.6) is 0 Å². The largest absolute Gasteiger partial charge is 0.395 e. The first-order valence-electron chi connectivity index (χ1n) is 12.9. The molecule has 2 saturated heterocycles. The predicted molar refractivity (Wildman–Crippen MR) is 133 cm³/mol. The summed E-state index contributed by atoms with van der Waals surface area (Å²) in [7, 11) is 0. The monoisotopic (exact) mass is 493 g/mol. The molecule has 36 heavy (non-hydrogen) atoms. The Bertz CT molecular complexity index is 1100. The van der Waals surface area contributed by atoms with Crippen molar-refractivity contribution in [3.63, 3.8) is 0 Å². The van der Waals surface area contributed by atoms with Crippen molar-refractivity contribution in [2.24, 2.45) is 11.8 Å². The van der Waals surface area contributed by atoms with Crippen LogP contribution < -0.4 is 0 Å². The molecular formula is C28H35N3O5. The maximum atomic E-state index is 14.2. The highest BCUT2D eigenvalue weighted by Gasteiger charge is 2.75. The van der Waals surface area contributed by atoms with Crippen molar-refractivity contribution in [3.8, 4) is 0 Å². The van der Waals surface area contributed by atoms with Crippen LogP contribution in [-0.2, 0) is 25.7 Å². The van der Waals surface area contributed by atoms with Crippen LogP contribution in [0.1, 0.15) is 32.8 Å². The number of hydrogen-bond acceptors (Lipinski definition) is 5. The Morgan fingerprint density at radius 2 is 1.72 bits per heavy atom. The smallest absolute Gasteiger partial charge is 0.249 e. The highest BCUT2D eigenvalue weighted by Crippen LogP contribution is 2.58. The Balaban J connectivity index is 1.62. The molecule has 192 valence electrons. The first-order valence-corrected chi connectivity index (χ1v) is 12.9. The van der Waals surface area contributed by atoms with Crippen molar-refractivity contribution < 1.29 is 24.2 Å². The van der Waals surface area contributed by atoms with Crippen LogP contribution in [0.15, 0.2) is 54.6 Å². The van der Waals surface area contributed by atoms with E-state index in [4.69, 9.17) is 4.74 Å². The van der Waals surface area contributed by atoms with Crippen LogP contribution in [0.4, 0.5) is 0 Å². The van der Waals surface area contributed by atoms with Gasteiger partial charge in [-0.25, -0.2) is 0 Å². The summed E-state index contributed by atoms with van der Waals surface area (Å²) in [5.74, 6) is -2.28. The molecule has 1 aromatic rings. The molecule has 5 rings (SSSR count). The Labute approximate surface area is 212 Å². The zero-order valence-electron chi connectivity index (χ0n) is 21.2. The van der Waals surface area contributed by atoms with Crippen LogP contribution in [0.2, 0.25) is 0 Å². The summed E-state index contributed by atoms with van der Waals surface area (Å²) in [6.45, 7) is 6.82. The maximum Gasteiger partial charge on any atom is 0.249 e. The molecule has 1 aromatic carbocycles. The number of fused-ring (bicyclic) bond motifs is 2. The molecule has 1 spiro atoms. The molecule has 0 aromatic heterocycles. The second-order valence-electron chi connectivity index (χ2n) is 10.5. The van der Waals surface area contributed by atoms with Gasteiger partial charge >= 0.3 is 0 Å². The Morgan fingerprint density at radius 1 is 1.00 bits per heavy atom. The molecule has 1 unspecified atom stereocenters. The van der Waals surface area contributed by atoms with E-state index in [0.29, 0.717) is 26.1 Å². The number of carbonyl (C=O) groups is 3. The van der Waals surface area contributed by atoms with E-state index in [1.807, 2.05) is 75.4 Å². The van der Waals surface area contributed by atoms with Crippen LogP contribution in [0.3, 0.4) is 0 Å². The van der Waals surface area contributed by atoms with E-state index in [2.05, 4.69) is 0 Å². The molecular weight excluding hydrogens is 458 g/mol. The summed E-state index contributed by atoms with van der Waals surface area (Å²) >= 11 is 0. The third kappa shape index (κ3) is 3.53. The second kappa shape index (κ2) is 9.16. The Kier molecular flexibility index (Phi) is 6.29. The molecule has 2 fully saturated rings. The minimum Gasteiger partial charge on any atom is -0.395 e. The van der Waals surface area contributed by atoms with Gasteiger partial charge in [0.05, 0.1) is 24.0 Å². The van der Waals surface area contributed by atoms with Crippen molar-refractivity contribution in [2.45, 2.75) is 57.0 Å². The van der Waals surface area contributed by atoms with E-state index in [9.17, 15) is 19.5 Å². The summed E-state index contributed by atoms with van der Waals surface area (Å²) in [5, 5.41) is 9.80. The standard InChI is InChI=1S/C28H35N3O5/c1-4-27-12-8-14-29(18-20-10-6-5-7-11-20)24(33)21(27)22-25(34)31(16-17-32)23-26(35)30(19(2)3)15-9-13-28(22,23)36-27/h5-13,19,21-23,32H,4,14-18H2,1-3H3/t21-,22-,23?,27+,28-/m0/s1. The van der Waals surface area contributed by atoms with E-state index >= 15 is 0 Å². The number of benzene rings is 1. The van der Waals surface area contributed by atoms with E-state index in [1.165, 1.54) is 4.90 Å². The maximum absolute atomic E-state index is 14.2. The number of rotatable bonds is 6. The molecule has 8 nitrogen and oxygen atoms in total. The highest BCUT2D eigenvalue weighted by molar-refractivity contribution is 6.00. The quantitative estimate of drug-likeness (QED) is 0.610. The molecule has 0 saturated carbocycles. The van der Waals surface area contributed by atoms with Gasteiger partial charge in [-0.2, -0.15) is 0 Å². The number of aliphatic hydroxyl groups is 1. The minimum absolute atomic E-state index is 0.0141. The third-order valence-electron chi connectivity index (χ3n) is 8.23. The number of β-amino-alcohol motifs (C(OH)–C–C–N with tert-alkyl or cyclic N) is 1. The molecule has 8 heteroatoms. The number of likely N-dealkylation sites (tertiary alicyclic amines) is 1. The van der Waals surface area contributed by atoms with Gasteiger partial charge in [-0.3, -0.25) is 14.4 Å². The number of amides is 3. The van der Waals surface area contributed by atoms with Gasteiger partial charge in [-0.05, 0) is 25.8 Å². The van der Waals surface area contributed by atoms with Crippen molar-refractivity contribution >= 4 is 17.7 Å². The molecule has 0 bridgehead atoms. The van der Waals surface area contributed by atoms with Crippen LogP contribution in [0.25, 0.3) is 0 Å². The summed E-state index contributed by atoms with van der Waals surface area (Å²) in [5.41, 5.74) is -1.26. The van der Waals surface area contributed by atoms with Crippen LogP contribution in [-0.4, -0.2) is 87.1 Å². The number of carbonyl (C=O) groups excluding carboxylic acids is 3. The van der Waals surface area contributed by atoms with Crippen molar-refractivity contribution in [1.29, 1.82) is 0 Å². The third-order valence-corrected chi connectivity index (χ3v) is 8.23. The number of hydrogen-bond donors (Lipinski definition) is 1. The minimum atomic E-state index is -1.27. The fraction of sp³-hybridized carbons (Fsp3) is 0.536. The normalized spacial score (nSPS) is 33.6. The molecule has 4 aliphatic rings. The molecule has 0 aliphatic carbocycles. The average Bonchev–Trinajstić information content (AvgIpc) is 3.14. The fourth-order valence-corrected chi connectivity index (χ4v) is 6.59. The average molecular weight is 494 g/mol. The molecule has 5 atom stereocenters. The van der Waals surface area contributed by atoms with Gasteiger partial charge < -0.3 is 24.5 Å². The zero-order valence-corrected chi connectivity index (χ0v) is 21.2. The van der Waals surface area contributed by atoms with Crippen molar-refractivity contribution in [2.75, 3.05) is 26.2 Å². The Hall–Kier alpha value is -2.97. The first kappa shape index (κ1) is 24.7. The van der Waals surface area contributed by atoms with E-state index < -0.39 is 29.1 Å². The highest BCUT2D eigenvalue weighted by atomic mass is 16.5. The molecule has 4 aliphatic heterocycles. The molecule has 3 amide bonds. The van der Waals surface area contributed by atoms with Gasteiger partial charge in [0.1, 0.15) is 11.6 Å². The Morgan fingerprint density at radius 3 is 2.39 bits per heavy atom. The lowest BCUT2D eigenvalue weighted by Gasteiger charge is -2.39. The topological polar surface area (TPSA) is 90.4 Å². The van der Waals surface area contributed by atoms with Crippen LogP contribution >= 0.6 is 0 Å². The van der Waals surface area contributed by atoms with Gasteiger partial charge in [0.2, 0.25) is 17.7 Å². The summed E-state index contributed by atoms with van der Waals surface area (Å²) < 4.78 is 6.88. The van der Waals surface area contributed by atoms with Gasteiger partial charge in [0, 0.05) is 32.2 Å². The van der Waals surface area contributed by atoms with Crippen molar-refractivity contribution in [1.82, 2.24) is 14.7 Å². The van der Waals surface area contributed by atoms with Crippen molar-refractivity contribution in [3.05, 3.63) is 60.2 Å². The van der Waals surface area contributed by atoms with Gasteiger partial charge in [0.15, 0.2) is 0 Å². The SMILES string of the molecule is CC[C@@]12C=CCN(Cc3ccccc3)C(=O)[C@@H]1[C@H]1C(=O)N(CCO)C3C(=O)N(C(C)C)CC=C[C@@]31O2. The lowest BCUT2D eigenvalue weighted by molar-refractivity contribution is -0.155. The number of nitrogens with zero attached hydrogens (tertiary/aromatic N) is 3. The second-order valence-corrected chi connectivity index (χ2v) is 10.5.